The zero-order chi connectivity index (χ0) is 16.8. The van der Waals surface area contributed by atoms with Crippen molar-refractivity contribution in [1.82, 2.24) is 0 Å². The molecule has 7 nitrogen and oxygen atoms in total. The summed E-state index contributed by atoms with van der Waals surface area (Å²) < 4.78 is 15.6. The number of ether oxygens (including phenoxy) is 3. The van der Waals surface area contributed by atoms with Crippen molar-refractivity contribution in [2.45, 2.75) is 30.7 Å². The molecule has 0 aromatic heterocycles. The van der Waals surface area contributed by atoms with Crippen LogP contribution in [0.5, 0.6) is 5.75 Å². The third kappa shape index (κ3) is 4.51. The molecule has 7 heteroatoms. The molecule has 2 rings (SSSR count). The van der Waals surface area contributed by atoms with Crippen molar-refractivity contribution in [3.05, 3.63) is 35.9 Å². The molecule has 5 atom stereocenters. The van der Waals surface area contributed by atoms with Crippen molar-refractivity contribution in [1.29, 1.82) is 0 Å². The van der Waals surface area contributed by atoms with Crippen LogP contribution in [0, 0.1) is 0 Å². The van der Waals surface area contributed by atoms with Crippen LogP contribution in [0.2, 0.25) is 0 Å². The van der Waals surface area contributed by atoms with Crippen molar-refractivity contribution in [3.63, 3.8) is 0 Å². The lowest BCUT2D eigenvalue weighted by molar-refractivity contribution is -0.298. The van der Waals surface area contributed by atoms with Crippen molar-refractivity contribution in [3.8, 4) is 5.75 Å². The van der Waals surface area contributed by atoms with Crippen LogP contribution in [-0.4, -0.2) is 71.5 Å². The van der Waals surface area contributed by atoms with Crippen molar-refractivity contribution in [2.75, 3.05) is 20.3 Å². The third-order valence-electron chi connectivity index (χ3n) is 3.63. The van der Waals surface area contributed by atoms with Crippen molar-refractivity contribution in [2.24, 2.45) is 0 Å². The van der Waals surface area contributed by atoms with Crippen LogP contribution >= 0.6 is 0 Å². The molecule has 1 heterocycles. The molecule has 1 fully saturated rings. The molecule has 0 bridgehead atoms. The summed E-state index contributed by atoms with van der Waals surface area (Å²) in [5.41, 5.74) is 0.947. The Kier molecular flexibility index (Phi) is 6.52. The molecular weight excluding hydrogens is 304 g/mol. The molecule has 0 spiro atoms. The molecule has 0 amide bonds. The van der Waals surface area contributed by atoms with Gasteiger partial charge in [0.15, 0.2) is 6.29 Å². The molecule has 0 radical (unpaired) electrons. The Bertz CT molecular complexity index is 500. The summed E-state index contributed by atoms with van der Waals surface area (Å²) in [6.45, 7) is -0.346. The SMILES string of the molecule is COc1ccc(C=CCO[C@H]2O[C@H](CO)[C@@H](O)[C@H](O)[C@H]2O)cc1. The minimum atomic E-state index is -1.43. The van der Waals surface area contributed by atoms with E-state index in [-0.39, 0.29) is 6.61 Å². The highest BCUT2D eigenvalue weighted by atomic mass is 16.7. The highest BCUT2D eigenvalue weighted by molar-refractivity contribution is 5.50. The maximum absolute atomic E-state index is 9.82. The second-order valence-electron chi connectivity index (χ2n) is 5.21. The van der Waals surface area contributed by atoms with Crippen molar-refractivity contribution < 1.29 is 34.6 Å². The maximum atomic E-state index is 9.82. The number of hydrogen-bond acceptors (Lipinski definition) is 7. The predicted octanol–water partition coefficient (Wildman–Crippen LogP) is -0.475. The van der Waals surface area contributed by atoms with E-state index in [9.17, 15) is 15.3 Å². The van der Waals surface area contributed by atoms with Gasteiger partial charge in [0.2, 0.25) is 0 Å². The monoisotopic (exact) mass is 326 g/mol. The number of hydrogen-bond donors (Lipinski definition) is 4. The van der Waals surface area contributed by atoms with Gasteiger partial charge in [-0.2, -0.15) is 0 Å². The largest absolute Gasteiger partial charge is 0.497 e. The van der Waals surface area contributed by atoms with E-state index >= 15 is 0 Å². The molecule has 1 aromatic rings. The Morgan fingerprint density at radius 1 is 1.09 bits per heavy atom. The smallest absolute Gasteiger partial charge is 0.187 e. The molecular formula is C16H22O7. The Labute approximate surface area is 134 Å². The summed E-state index contributed by atoms with van der Waals surface area (Å²) in [7, 11) is 1.60. The maximum Gasteiger partial charge on any atom is 0.187 e. The molecule has 23 heavy (non-hydrogen) atoms. The lowest BCUT2D eigenvalue weighted by atomic mass is 9.99. The van der Waals surface area contributed by atoms with Gasteiger partial charge in [0.1, 0.15) is 30.2 Å². The Morgan fingerprint density at radius 2 is 1.78 bits per heavy atom. The standard InChI is InChI=1S/C16H22O7/c1-21-11-6-4-10(5-7-11)3-2-8-22-16-15(20)14(19)13(18)12(9-17)23-16/h2-7,12-20H,8-9H2,1H3/t12-,13-,14+,15-,16+/m1/s1. The lowest BCUT2D eigenvalue weighted by Crippen LogP contribution is -2.59. The van der Waals surface area contributed by atoms with E-state index in [1.807, 2.05) is 30.3 Å². The van der Waals surface area contributed by atoms with Crippen LogP contribution in [0.4, 0.5) is 0 Å². The van der Waals surface area contributed by atoms with Gasteiger partial charge in [0.05, 0.1) is 20.3 Å². The fourth-order valence-electron chi connectivity index (χ4n) is 2.25. The quantitative estimate of drug-likeness (QED) is 0.559. The molecule has 1 saturated heterocycles. The highest BCUT2D eigenvalue weighted by Gasteiger charge is 2.43. The minimum Gasteiger partial charge on any atom is -0.497 e. The normalized spacial score (nSPS) is 31.4. The van der Waals surface area contributed by atoms with E-state index < -0.39 is 37.3 Å². The zero-order valence-corrected chi connectivity index (χ0v) is 12.8. The van der Waals surface area contributed by atoms with Gasteiger partial charge in [-0.1, -0.05) is 24.3 Å². The lowest BCUT2D eigenvalue weighted by Gasteiger charge is -2.39. The van der Waals surface area contributed by atoms with E-state index in [0.29, 0.717) is 0 Å². The fraction of sp³-hybridized carbons (Fsp3) is 0.500. The molecule has 0 unspecified atom stereocenters. The van der Waals surface area contributed by atoms with Crippen LogP contribution in [0.15, 0.2) is 30.3 Å². The first-order valence-corrected chi connectivity index (χ1v) is 7.29. The van der Waals surface area contributed by atoms with Gasteiger partial charge in [0.25, 0.3) is 0 Å². The highest BCUT2D eigenvalue weighted by Crippen LogP contribution is 2.22. The van der Waals surface area contributed by atoms with Gasteiger partial charge in [-0.25, -0.2) is 0 Å². The molecule has 0 saturated carbocycles. The first kappa shape index (κ1) is 17.9. The molecule has 128 valence electrons. The fourth-order valence-corrected chi connectivity index (χ4v) is 2.25. The van der Waals surface area contributed by atoms with Gasteiger partial charge >= 0.3 is 0 Å². The van der Waals surface area contributed by atoms with Gasteiger partial charge in [-0.15, -0.1) is 0 Å². The molecule has 1 aliphatic heterocycles. The van der Waals surface area contributed by atoms with Gasteiger partial charge in [-0.05, 0) is 17.7 Å². The summed E-state index contributed by atoms with van der Waals surface area (Å²) >= 11 is 0. The second kappa shape index (κ2) is 8.39. The van der Waals surface area contributed by atoms with Gasteiger partial charge in [-0.3, -0.25) is 0 Å². The van der Waals surface area contributed by atoms with Crippen LogP contribution in [-0.2, 0) is 9.47 Å². The first-order valence-electron chi connectivity index (χ1n) is 7.29. The van der Waals surface area contributed by atoms with E-state index in [1.54, 1.807) is 13.2 Å². The van der Waals surface area contributed by atoms with E-state index in [2.05, 4.69) is 0 Å². The first-order chi connectivity index (χ1) is 11.1. The average molecular weight is 326 g/mol. The van der Waals surface area contributed by atoms with Crippen LogP contribution in [0.1, 0.15) is 5.56 Å². The molecule has 4 N–H and O–H groups in total. The Balaban J connectivity index is 1.85. The summed E-state index contributed by atoms with van der Waals surface area (Å²) in [4.78, 5) is 0. The Hall–Kier alpha value is -1.48. The number of aliphatic hydroxyl groups is 4. The van der Waals surface area contributed by atoms with Crippen LogP contribution in [0.25, 0.3) is 6.08 Å². The predicted molar refractivity (Wildman–Crippen MR) is 81.7 cm³/mol. The second-order valence-corrected chi connectivity index (χ2v) is 5.21. The van der Waals surface area contributed by atoms with Gasteiger partial charge < -0.3 is 34.6 Å². The molecule has 1 aromatic carbocycles. The summed E-state index contributed by atoms with van der Waals surface area (Å²) in [6.07, 6.45) is -2.74. The minimum absolute atomic E-state index is 0.134. The zero-order valence-electron chi connectivity index (χ0n) is 12.8. The van der Waals surface area contributed by atoms with Crippen molar-refractivity contribution >= 4 is 6.08 Å². The summed E-state index contributed by atoms with van der Waals surface area (Å²) in [5, 5.41) is 38.2. The number of aliphatic hydroxyl groups excluding tert-OH is 4. The van der Waals surface area contributed by atoms with Crippen LogP contribution in [0.3, 0.4) is 0 Å². The van der Waals surface area contributed by atoms with Crippen LogP contribution < -0.4 is 4.74 Å². The summed E-state index contributed by atoms with van der Waals surface area (Å²) in [6, 6.07) is 7.42. The van der Waals surface area contributed by atoms with E-state index in [1.165, 1.54) is 0 Å². The third-order valence-corrected chi connectivity index (χ3v) is 3.63. The molecule has 0 aliphatic carbocycles. The van der Waals surface area contributed by atoms with Gasteiger partial charge in [0, 0.05) is 0 Å². The van der Waals surface area contributed by atoms with E-state index in [0.717, 1.165) is 11.3 Å². The number of rotatable bonds is 6. The van der Waals surface area contributed by atoms with E-state index in [4.69, 9.17) is 19.3 Å². The Morgan fingerprint density at radius 3 is 2.39 bits per heavy atom. The number of benzene rings is 1. The topological polar surface area (TPSA) is 109 Å². The number of methoxy groups -OCH3 is 1. The summed E-state index contributed by atoms with van der Waals surface area (Å²) in [5.74, 6) is 0.764. The average Bonchev–Trinajstić information content (AvgIpc) is 2.59. The molecule has 1 aliphatic rings.